The Balaban J connectivity index is 1.69. The summed E-state index contributed by atoms with van der Waals surface area (Å²) >= 11 is 3.16. The average Bonchev–Trinajstić information content (AvgIpc) is 3.13. The quantitative estimate of drug-likeness (QED) is 0.758. The number of aromatic nitrogens is 2. The summed E-state index contributed by atoms with van der Waals surface area (Å²) in [5.41, 5.74) is 0.873. The Bertz CT molecular complexity index is 925. The van der Waals surface area contributed by atoms with Crippen molar-refractivity contribution in [2.45, 2.75) is 33.2 Å². The summed E-state index contributed by atoms with van der Waals surface area (Å²) in [4.78, 5) is 36.6. The molecule has 0 spiro atoms. The molecule has 0 bridgehead atoms. The maximum absolute atomic E-state index is 12.3. The van der Waals surface area contributed by atoms with Crippen LogP contribution in [-0.2, 0) is 17.8 Å². The number of amides is 1. The van der Waals surface area contributed by atoms with Crippen molar-refractivity contribution in [2.75, 3.05) is 7.05 Å². The second-order valence-electron chi connectivity index (χ2n) is 5.81. The van der Waals surface area contributed by atoms with Gasteiger partial charge in [-0.25, -0.2) is 4.98 Å². The van der Waals surface area contributed by atoms with E-state index in [-0.39, 0.29) is 11.5 Å². The molecule has 5 nitrogen and oxygen atoms in total. The zero-order valence-electron chi connectivity index (χ0n) is 13.9. The van der Waals surface area contributed by atoms with Crippen molar-refractivity contribution in [1.82, 2.24) is 14.9 Å². The molecule has 0 fully saturated rings. The number of rotatable bonds is 5. The van der Waals surface area contributed by atoms with Gasteiger partial charge in [-0.2, -0.15) is 0 Å². The van der Waals surface area contributed by atoms with Gasteiger partial charge in [0.15, 0.2) is 0 Å². The fourth-order valence-corrected chi connectivity index (χ4v) is 4.36. The zero-order valence-corrected chi connectivity index (χ0v) is 15.5. The van der Waals surface area contributed by atoms with Crippen LogP contribution in [-0.4, -0.2) is 27.8 Å². The smallest absolute Gasteiger partial charge is 0.259 e. The molecular formula is C17H19N3O2S2. The number of H-pyrrole nitrogens is 1. The molecule has 0 radical (unpaired) electrons. The van der Waals surface area contributed by atoms with E-state index in [0.717, 1.165) is 20.1 Å². The molecule has 0 atom stereocenters. The van der Waals surface area contributed by atoms with E-state index in [2.05, 4.69) is 9.97 Å². The molecule has 3 heterocycles. The number of aromatic amines is 1. The van der Waals surface area contributed by atoms with Gasteiger partial charge in [-0.05, 0) is 30.9 Å². The minimum atomic E-state index is -0.115. The van der Waals surface area contributed by atoms with Crippen LogP contribution in [0.3, 0.4) is 0 Å². The first kappa shape index (κ1) is 16.9. The molecule has 24 heavy (non-hydrogen) atoms. The SMILES string of the molecule is Cc1sc2nc(CCC(=O)N(C)Cc3cccs3)[nH]c(=O)c2c1C. The van der Waals surface area contributed by atoms with Crippen molar-refractivity contribution >= 4 is 38.8 Å². The summed E-state index contributed by atoms with van der Waals surface area (Å²) in [5, 5.41) is 2.67. The van der Waals surface area contributed by atoms with Gasteiger partial charge >= 0.3 is 0 Å². The molecule has 3 aromatic rings. The van der Waals surface area contributed by atoms with Gasteiger partial charge in [0.1, 0.15) is 10.7 Å². The Morgan fingerprint density at radius 2 is 2.17 bits per heavy atom. The van der Waals surface area contributed by atoms with Crippen LogP contribution in [0.2, 0.25) is 0 Å². The summed E-state index contributed by atoms with van der Waals surface area (Å²) in [5.74, 6) is 0.622. The van der Waals surface area contributed by atoms with E-state index in [0.29, 0.717) is 30.6 Å². The molecule has 0 aliphatic heterocycles. The summed E-state index contributed by atoms with van der Waals surface area (Å²) < 4.78 is 0. The Hall–Kier alpha value is -1.99. The molecule has 0 saturated carbocycles. The van der Waals surface area contributed by atoms with Crippen LogP contribution < -0.4 is 5.56 Å². The van der Waals surface area contributed by atoms with E-state index in [4.69, 9.17) is 0 Å². The average molecular weight is 361 g/mol. The summed E-state index contributed by atoms with van der Waals surface area (Å²) in [6, 6.07) is 4.00. The lowest BCUT2D eigenvalue weighted by molar-refractivity contribution is -0.130. The predicted molar refractivity (Wildman–Crippen MR) is 98.8 cm³/mol. The van der Waals surface area contributed by atoms with Crippen LogP contribution in [0.1, 0.15) is 27.6 Å². The largest absolute Gasteiger partial charge is 0.341 e. The number of hydrogen-bond donors (Lipinski definition) is 1. The molecule has 0 aliphatic rings. The van der Waals surface area contributed by atoms with Gasteiger partial charge in [0.2, 0.25) is 5.91 Å². The molecule has 1 N–H and O–H groups in total. The number of fused-ring (bicyclic) bond motifs is 1. The number of thiophene rings is 2. The highest BCUT2D eigenvalue weighted by Gasteiger charge is 2.14. The fourth-order valence-electron chi connectivity index (χ4n) is 2.56. The van der Waals surface area contributed by atoms with Crippen molar-refractivity contribution in [1.29, 1.82) is 0 Å². The molecule has 0 aromatic carbocycles. The maximum Gasteiger partial charge on any atom is 0.259 e. The Kier molecular flexibility index (Phi) is 4.82. The van der Waals surface area contributed by atoms with Gasteiger partial charge in [-0.3, -0.25) is 9.59 Å². The topological polar surface area (TPSA) is 66.1 Å². The number of nitrogens with zero attached hydrogens (tertiary/aromatic N) is 2. The molecule has 0 aliphatic carbocycles. The normalized spacial score (nSPS) is 11.1. The first-order chi connectivity index (χ1) is 11.5. The molecule has 0 saturated heterocycles. The summed E-state index contributed by atoms with van der Waals surface area (Å²) in [7, 11) is 1.80. The van der Waals surface area contributed by atoms with Crippen molar-refractivity contribution in [3.05, 3.63) is 49.0 Å². The Morgan fingerprint density at radius 1 is 1.38 bits per heavy atom. The minimum Gasteiger partial charge on any atom is -0.341 e. The lowest BCUT2D eigenvalue weighted by atomic mass is 10.2. The number of carbonyl (C=O) groups excluding carboxylic acids is 1. The van der Waals surface area contributed by atoms with Crippen molar-refractivity contribution in [3.8, 4) is 0 Å². The highest BCUT2D eigenvalue weighted by molar-refractivity contribution is 7.18. The van der Waals surface area contributed by atoms with Crippen LogP contribution >= 0.6 is 22.7 Å². The number of nitrogens with one attached hydrogen (secondary N) is 1. The second-order valence-corrected chi connectivity index (χ2v) is 8.04. The minimum absolute atomic E-state index is 0.0460. The lowest BCUT2D eigenvalue weighted by Crippen LogP contribution is -2.26. The van der Waals surface area contributed by atoms with Gasteiger partial charge in [-0.1, -0.05) is 6.07 Å². The predicted octanol–water partition coefficient (Wildman–Crippen LogP) is 3.25. The van der Waals surface area contributed by atoms with Crippen LogP contribution in [0, 0.1) is 13.8 Å². The molecule has 126 valence electrons. The van der Waals surface area contributed by atoms with Gasteiger partial charge in [0.05, 0.1) is 11.9 Å². The standard InChI is InChI=1S/C17H19N3O2S2/c1-10-11(2)24-17-15(10)16(22)18-13(19-17)6-7-14(21)20(3)9-12-5-4-8-23-12/h4-5,8H,6-7,9H2,1-3H3,(H,18,19,22). The van der Waals surface area contributed by atoms with E-state index in [1.54, 1.807) is 23.3 Å². The zero-order chi connectivity index (χ0) is 17.3. The van der Waals surface area contributed by atoms with Crippen molar-refractivity contribution in [2.24, 2.45) is 0 Å². The number of carbonyl (C=O) groups is 1. The second kappa shape index (κ2) is 6.86. The molecule has 3 rings (SSSR count). The van der Waals surface area contributed by atoms with Crippen molar-refractivity contribution in [3.63, 3.8) is 0 Å². The third-order valence-electron chi connectivity index (χ3n) is 4.06. The third kappa shape index (κ3) is 3.42. The molecule has 1 amide bonds. The van der Waals surface area contributed by atoms with Crippen LogP contribution in [0.5, 0.6) is 0 Å². The van der Waals surface area contributed by atoms with E-state index in [1.807, 2.05) is 31.4 Å². The fraction of sp³-hybridized carbons (Fsp3) is 0.353. The monoisotopic (exact) mass is 361 g/mol. The Labute approximate surface area is 148 Å². The van der Waals surface area contributed by atoms with Gasteiger partial charge in [0.25, 0.3) is 5.56 Å². The number of aryl methyl sites for hydroxylation is 3. The van der Waals surface area contributed by atoms with Gasteiger partial charge in [-0.15, -0.1) is 22.7 Å². The third-order valence-corrected chi connectivity index (χ3v) is 6.02. The lowest BCUT2D eigenvalue weighted by Gasteiger charge is -2.15. The highest BCUT2D eigenvalue weighted by atomic mass is 32.1. The van der Waals surface area contributed by atoms with Gasteiger partial charge < -0.3 is 9.88 Å². The van der Waals surface area contributed by atoms with Crippen LogP contribution in [0.25, 0.3) is 10.2 Å². The van der Waals surface area contributed by atoms with Crippen molar-refractivity contribution < 1.29 is 4.79 Å². The van der Waals surface area contributed by atoms with Crippen LogP contribution in [0.4, 0.5) is 0 Å². The highest BCUT2D eigenvalue weighted by Crippen LogP contribution is 2.25. The van der Waals surface area contributed by atoms with Gasteiger partial charge in [0, 0.05) is 29.6 Å². The maximum atomic E-state index is 12.3. The van der Waals surface area contributed by atoms with E-state index in [9.17, 15) is 9.59 Å². The molecule has 7 heteroatoms. The summed E-state index contributed by atoms with van der Waals surface area (Å²) in [6.45, 7) is 4.54. The van der Waals surface area contributed by atoms with E-state index >= 15 is 0 Å². The van der Waals surface area contributed by atoms with Crippen LogP contribution in [0.15, 0.2) is 22.3 Å². The van der Waals surface area contributed by atoms with E-state index < -0.39 is 0 Å². The Morgan fingerprint density at radius 3 is 2.88 bits per heavy atom. The van der Waals surface area contributed by atoms with E-state index in [1.165, 1.54) is 11.3 Å². The first-order valence-corrected chi connectivity index (χ1v) is 9.40. The first-order valence-electron chi connectivity index (χ1n) is 7.71. The molecule has 3 aromatic heterocycles. The number of hydrogen-bond acceptors (Lipinski definition) is 5. The molecule has 0 unspecified atom stereocenters. The molecular weight excluding hydrogens is 342 g/mol. The summed E-state index contributed by atoms with van der Waals surface area (Å²) in [6.07, 6.45) is 0.772.